The molecule has 2 amide bonds. The standard InChI is InChI=1S/C24H25N3O2/c1-4-12-26(16-20-8-6-19(15-25)7-9-20)23(28)22-11-13-27(24(22)29)21-10-5-17(2)18(3)14-21/h4-10,14,22H,1,11-13,16H2,2-3H3. The number of carbonyl (C=O) groups is 2. The van der Waals surface area contributed by atoms with Gasteiger partial charge in [-0.1, -0.05) is 24.3 Å². The largest absolute Gasteiger partial charge is 0.334 e. The van der Waals surface area contributed by atoms with E-state index in [0.29, 0.717) is 31.6 Å². The molecule has 1 fully saturated rings. The summed E-state index contributed by atoms with van der Waals surface area (Å²) in [6.45, 7) is 9.08. The summed E-state index contributed by atoms with van der Waals surface area (Å²) < 4.78 is 0. The van der Waals surface area contributed by atoms with Gasteiger partial charge < -0.3 is 9.80 Å². The van der Waals surface area contributed by atoms with E-state index in [0.717, 1.165) is 16.8 Å². The molecule has 5 nitrogen and oxygen atoms in total. The molecule has 0 N–H and O–H groups in total. The van der Waals surface area contributed by atoms with Crippen LogP contribution in [0.2, 0.25) is 0 Å². The van der Waals surface area contributed by atoms with Gasteiger partial charge in [-0.25, -0.2) is 0 Å². The smallest absolute Gasteiger partial charge is 0.239 e. The van der Waals surface area contributed by atoms with Crippen LogP contribution in [0.25, 0.3) is 0 Å². The Morgan fingerprint density at radius 3 is 2.59 bits per heavy atom. The predicted molar refractivity (Wildman–Crippen MR) is 113 cm³/mol. The summed E-state index contributed by atoms with van der Waals surface area (Å²) in [7, 11) is 0. The number of aryl methyl sites for hydroxylation is 2. The van der Waals surface area contributed by atoms with Crippen LogP contribution in [0.3, 0.4) is 0 Å². The maximum absolute atomic E-state index is 13.1. The van der Waals surface area contributed by atoms with Crippen LogP contribution in [0.15, 0.2) is 55.1 Å². The summed E-state index contributed by atoms with van der Waals surface area (Å²) in [6, 6.07) is 15.1. The number of nitrogens with zero attached hydrogens (tertiary/aromatic N) is 3. The van der Waals surface area contributed by atoms with Crippen LogP contribution in [0.5, 0.6) is 0 Å². The highest BCUT2D eigenvalue weighted by Gasteiger charge is 2.39. The van der Waals surface area contributed by atoms with Crippen LogP contribution >= 0.6 is 0 Å². The summed E-state index contributed by atoms with van der Waals surface area (Å²) in [4.78, 5) is 29.5. The lowest BCUT2D eigenvalue weighted by molar-refractivity contribution is -0.139. The average Bonchev–Trinajstić information content (AvgIpc) is 3.11. The first kappa shape index (κ1) is 20.3. The molecule has 5 heteroatoms. The molecule has 0 aliphatic carbocycles. The van der Waals surface area contributed by atoms with Crippen LogP contribution < -0.4 is 4.90 Å². The van der Waals surface area contributed by atoms with Crippen LogP contribution in [0, 0.1) is 31.1 Å². The van der Waals surface area contributed by atoms with Gasteiger partial charge in [-0.05, 0) is 61.2 Å². The van der Waals surface area contributed by atoms with Crippen molar-refractivity contribution in [2.75, 3.05) is 18.0 Å². The minimum atomic E-state index is -0.671. The maximum Gasteiger partial charge on any atom is 0.239 e. The molecule has 0 saturated carbocycles. The second-order valence-corrected chi connectivity index (χ2v) is 7.42. The third-order valence-electron chi connectivity index (χ3n) is 5.42. The lowest BCUT2D eigenvalue weighted by Crippen LogP contribution is -2.40. The van der Waals surface area contributed by atoms with Crippen molar-refractivity contribution in [3.05, 3.63) is 77.4 Å². The molecule has 29 heavy (non-hydrogen) atoms. The molecule has 0 radical (unpaired) electrons. The van der Waals surface area contributed by atoms with Crippen molar-refractivity contribution < 1.29 is 9.59 Å². The van der Waals surface area contributed by atoms with Crippen molar-refractivity contribution in [3.63, 3.8) is 0 Å². The molecule has 148 valence electrons. The first-order valence-electron chi connectivity index (χ1n) is 9.72. The van der Waals surface area contributed by atoms with Crippen molar-refractivity contribution in [2.45, 2.75) is 26.8 Å². The van der Waals surface area contributed by atoms with E-state index in [4.69, 9.17) is 5.26 Å². The van der Waals surface area contributed by atoms with Gasteiger partial charge in [0, 0.05) is 25.3 Å². The second-order valence-electron chi connectivity index (χ2n) is 7.42. The minimum absolute atomic E-state index is 0.146. The van der Waals surface area contributed by atoms with Gasteiger partial charge >= 0.3 is 0 Å². The number of amides is 2. The van der Waals surface area contributed by atoms with E-state index in [1.54, 1.807) is 28.0 Å². The summed E-state index contributed by atoms with van der Waals surface area (Å²) >= 11 is 0. The summed E-state index contributed by atoms with van der Waals surface area (Å²) in [5.41, 5.74) is 4.63. The van der Waals surface area contributed by atoms with Gasteiger partial charge in [-0.3, -0.25) is 9.59 Å². The van der Waals surface area contributed by atoms with Crippen LogP contribution in [-0.2, 0) is 16.1 Å². The van der Waals surface area contributed by atoms with Crippen LogP contribution in [0.1, 0.15) is 28.7 Å². The Labute approximate surface area is 171 Å². The van der Waals surface area contributed by atoms with E-state index >= 15 is 0 Å². The highest BCUT2D eigenvalue weighted by Crippen LogP contribution is 2.28. The molecule has 0 spiro atoms. The molecular weight excluding hydrogens is 362 g/mol. The van der Waals surface area contributed by atoms with Crippen LogP contribution in [0.4, 0.5) is 5.69 Å². The lowest BCUT2D eigenvalue weighted by atomic mass is 10.1. The second kappa shape index (κ2) is 8.74. The average molecular weight is 387 g/mol. The molecule has 1 aliphatic rings. The van der Waals surface area contributed by atoms with E-state index in [-0.39, 0.29) is 11.8 Å². The number of hydrogen-bond acceptors (Lipinski definition) is 3. The van der Waals surface area contributed by atoms with Crippen molar-refractivity contribution in [1.29, 1.82) is 5.26 Å². The maximum atomic E-state index is 13.1. The topological polar surface area (TPSA) is 64.4 Å². The van der Waals surface area contributed by atoms with Gasteiger partial charge in [-0.2, -0.15) is 5.26 Å². The minimum Gasteiger partial charge on any atom is -0.334 e. The normalized spacial score (nSPS) is 15.8. The first-order chi connectivity index (χ1) is 13.9. The Morgan fingerprint density at radius 1 is 1.24 bits per heavy atom. The molecule has 1 saturated heterocycles. The molecule has 1 heterocycles. The van der Waals surface area contributed by atoms with Gasteiger partial charge in [0.1, 0.15) is 5.92 Å². The molecule has 0 bridgehead atoms. The predicted octanol–water partition coefficient (Wildman–Crippen LogP) is 3.74. The number of carbonyl (C=O) groups excluding carboxylic acids is 2. The lowest BCUT2D eigenvalue weighted by Gasteiger charge is -2.24. The number of rotatable bonds is 6. The zero-order valence-electron chi connectivity index (χ0n) is 16.9. The molecule has 0 aromatic heterocycles. The van der Waals surface area contributed by atoms with Crippen LogP contribution in [-0.4, -0.2) is 29.8 Å². The number of benzene rings is 2. The molecular formula is C24H25N3O2. The fraction of sp³-hybridized carbons (Fsp3) is 0.292. The van der Waals surface area contributed by atoms with E-state index < -0.39 is 5.92 Å². The van der Waals surface area contributed by atoms with Gasteiger partial charge in [0.25, 0.3) is 0 Å². The van der Waals surface area contributed by atoms with Crippen molar-refractivity contribution >= 4 is 17.5 Å². The van der Waals surface area contributed by atoms with Gasteiger partial charge in [0.2, 0.25) is 11.8 Å². The van der Waals surface area contributed by atoms with E-state index in [1.807, 2.05) is 44.2 Å². The Balaban J connectivity index is 1.75. The first-order valence-corrected chi connectivity index (χ1v) is 9.72. The zero-order valence-corrected chi connectivity index (χ0v) is 16.9. The van der Waals surface area contributed by atoms with Crippen molar-refractivity contribution in [2.24, 2.45) is 5.92 Å². The molecule has 2 aromatic carbocycles. The molecule has 2 aromatic rings. The molecule has 1 atom stereocenters. The fourth-order valence-electron chi connectivity index (χ4n) is 3.57. The molecule has 1 unspecified atom stereocenters. The third kappa shape index (κ3) is 4.38. The quantitative estimate of drug-likeness (QED) is 0.560. The Bertz CT molecular complexity index is 973. The van der Waals surface area contributed by atoms with E-state index in [2.05, 4.69) is 12.6 Å². The summed E-state index contributed by atoms with van der Waals surface area (Å²) in [5.74, 6) is -0.993. The third-order valence-corrected chi connectivity index (χ3v) is 5.42. The number of hydrogen-bond donors (Lipinski definition) is 0. The zero-order chi connectivity index (χ0) is 21.0. The Morgan fingerprint density at radius 2 is 1.97 bits per heavy atom. The summed E-state index contributed by atoms with van der Waals surface area (Å²) in [6.07, 6.45) is 2.17. The number of anilines is 1. The highest BCUT2D eigenvalue weighted by atomic mass is 16.2. The SMILES string of the molecule is C=CCN(Cc1ccc(C#N)cc1)C(=O)C1CCN(c2ccc(C)c(C)c2)C1=O. The number of nitriles is 1. The summed E-state index contributed by atoms with van der Waals surface area (Å²) in [5, 5.41) is 8.94. The Hall–Kier alpha value is -3.39. The fourth-order valence-corrected chi connectivity index (χ4v) is 3.57. The molecule has 1 aliphatic heterocycles. The molecule has 3 rings (SSSR count). The van der Waals surface area contributed by atoms with Crippen molar-refractivity contribution in [1.82, 2.24) is 4.90 Å². The van der Waals surface area contributed by atoms with Crippen molar-refractivity contribution in [3.8, 4) is 6.07 Å². The van der Waals surface area contributed by atoms with Gasteiger partial charge in [0.15, 0.2) is 0 Å². The highest BCUT2D eigenvalue weighted by molar-refractivity contribution is 6.09. The van der Waals surface area contributed by atoms with E-state index in [1.165, 1.54) is 5.56 Å². The monoisotopic (exact) mass is 387 g/mol. The Kier molecular flexibility index (Phi) is 6.13. The van der Waals surface area contributed by atoms with Gasteiger partial charge in [0.05, 0.1) is 11.6 Å². The van der Waals surface area contributed by atoms with Gasteiger partial charge in [-0.15, -0.1) is 6.58 Å². The van der Waals surface area contributed by atoms with E-state index in [9.17, 15) is 9.59 Å².